The van der Waals surface area contributed by atoms with Gasteiger partial charge in [-0.15, -0.1) is 0 Å². The molecule has 2 N–H and O–H groups in total. The zero-order valence-electron chi connectivity index (χ0n) is 26.1. The van der Waals surface area contributed by atoms with Gasteiger partial charge in [-0.25, -0.2) is 12.8 Å². The molecule has 9 nitrogen and oxygen atoms in total. The number of halogens is 6. The topological polar surface area (TPSA) is 119 Å². The SMILES string of the molecule is Cc1cc(C(=O)N2CCC(O)(CF)CC2)cc(C)c1/C=C/S(=O)(=O)N1CCC2(CC1)N=C(c1cccc(C(F)(F)C(F)(F)F)c1)NC2=O. The number of amides is 2. The Kier molecular flexibility index (Phi) is 9.33. The van der Waals surface area contributed by atoms with Gasteiger partial charge in [0.1, 0.15) is 18.0 Å². The number of carbonyl (C=O) groups is 2. The first kappa shape index (κ1) is 35.5. The van der Waals surface area contributed by atoms with Crippen molar-refractivity contribution >= 4 is 33.7 Å². The van der Waals surface area contributed by atoms with Crippen molar-refractivity contribution in [3.8, 4) is 0 Å². The average Bonchev–Trinajstić information content (AvgIpc) is 3.35. The van der Waals surface area contributed by atoms with E-state index in [1.54, 1.807) is 30.9 Å². The Bertz CT molecular complexity index is 1750. The third-order valence-corrected chi connectivity index (χ3v) is 10.8. The molecule has 1 spiro atoms. The molecule has 0 radical (unpaired) electrons. The standard InChI is InChI=1S/C32H34F6N4O5S/c1-20-16-23(27(43)41-11-7-29(45,19-33)8-12-41)17-21(2)25(20)6-15-48(46,47)42-13-9-30(10-14-42)28(44)39-26(40-30)22-4-3-5-24(18-22)31(34,35)32(36,37)38/h3-6,15-18,45H,7-14,19H2,1-2H3,(H,39,40,44)/b15-6+. The van der Waals surface area contributed by atoms with E-state index in [2.05, 4.69) is 10.3 Å². The molecule has 0 saturated carbocycles. The van der Waals surface area contributed by atoms with Gasteiger partial charge >= 0.3 is 12.1 Å². The molecule has 48 heavy (non-hydrogen) atoms. The van der Waals surface area contributed by atoms with Gasteiger partial charge in [0.05, 0.1) is 5.60 Å². The highest BCUT2D eigenvalue weighted by Crippen LogP contribution is 2.44. The Labute approximate surface area is 273 Å². The predicted molar refractivity (Wildman–Crippen MR) is 165 cm³/mol. The minimum Gasteiger partial charge on any atom is -0.387 e. The van der Waals surface area contributed by atoms with Crippen LogP contribution in [-0.2, 0) is 20.7 Å². The molecule has 5 rings (SSSR count). The first-order valence-corrected chi connectivity index (χ1v) is 16.7. The molecule has 2 aromatic rings. The largest absolute Gasteiger partial charge is 0.458 e. The maximum atomic E-state index is 13.9. The number of likely N-dealkylation sites (tertiary alicyclic amines) is 1. The minimum atomic E-state index is -5.82. The summed E-state index contributed by atoms with van der Waals surface area (Å²) in [6, 6.07) is 6.76. The molecule has 260 valence electrons. The fourth-order valence-electron chi connectivity index (χ4n) is 6.17. The van der Waals surface area contributed by atoms with Crippen molar-refractivity contribution in [2.75, 3.05) is 32.9 Å². The lowest BCUT2D eigenvalue weighted by molar-refractivity contribution is -0.289. The molecular weight excluding hydrogens is 666 g/mol. The Hall–Kier alpha value is -3.76. The zero-order chi connectivity index (χ0) is 35.3. The van der Waals surface area contributed by atoms with Crippen LogP contribution in [0.2, 0.25) is 0 Å². The van der Waals surface area contributed by atoms with E-state index in [-0.39, 0.29) is 69.2 Å². The van der Waals surface area contributed by atoms with Crippen LogP contribution >= 0.6 is 0 Å². The summed E-state index contributed by atoms with van der Waals surface area (Å²) >= 11 is 0. The summed E-state index contributed by atoms with van der Waals surface area (Å²) in [5, 5.41) is 13.6. The Balaban J connectivity index is 1.26. The average molecular weight is 701 g/mol. The summed E-state index contributed by atoms with van der Waals surface area (Å²) in [4.78, 5) is 31.9. The lowest BCUT2D eigenvalue weighted by Crippen LogP contribution is -2.50. The molecule has 3 aliphatic heterocycles. The number of rotatable bonds is 7. The monoisotopic (exact) mass is 700 g/mol. The minimum absolute atomic E-state index is 0.0537. The van der Waals surface area contributed by atoms with Gasteiger partial charge in [0.25, 0.3) is 11.8 Å². The van der Waals surface area contributed by atoms with Gasteiger partial charge in [0.2, 0.25) is 10.0 Å². The van der Waals surface area contributed by atoms with Crippen LogP contribution < -0.4 is 5.32 Å². The third kappa shape index (κ3) is 6.74. The Morgan fingerprint density at radius 2 is 1.60 bits per heavy atom. The number of hydrogen-bond donors (Lipinski definition) is 2. The molecule has 16 heteroatoms. The second kappa shape index (κ2) is 12.6. The molecule has 2 fully saturated rings. The third-order valence-electron chi connectivity index (χ3n) is 9.22. The highest BCUT2D eigenvalue weighted by molar-refractivity contribution is 7.92. The van der Waals surface area contributed by atoms with Gasteiger partial charge in [0.15, 0.2) is 0 Å². The molecular formula is C32H34F6N4O5S. The van der Waals surface area contributed by atoms with E-state index in [1.165, 1.54) is 12.1 Å². The number of benzene rings is 2. The number of alkyl halides is 6. The molecule has 0 atom stereocenters. The summed E-state index contributed by atoms with van der Waals surface area (Å²) in [6.45, 7) is 2.77. The molecule has 2 saturated heterocycles. The maximum Gasteiger partial charge on any atom is 0.458 e. The molecule has 0 unspecified atom stereocenters. The number of sulfonamides is 1. The predicted octanol–water partition coefficient (Wildman–Crippen LogP) is 4.61. The smallest absolute Gasteiger partial charge is 0.387 e. The van der Waals surface area contributed by atoms with Crippen molar-refractivity contribution in [3.05, 3.63) is 75.2 Å². The van der Waals surface area contributed by atoms with Crippen LogP contribution in [0.1, 0.15) is 63.9 Å². The number of piperidine rings is 2. The molecule has 3 heterocycles. The van der Waals surface area contributed by atoms with Gasteiger partial charge in [-0.05, 0) is 80.5 Å². The Morgan fingerprint density at radius 1 is 1.00 bits per heavy atom. The van der Waals surface area contributed by atoms with E-state index >= 15 is 0 Å². The van der Waals surface area contributed by atoms with E-state index in [4.69, 9.17) is 0 Å². The number of aryl methyl sites for hydroxylation is 2. The molecule has 0 aromatic heterocycles. The van der Waals surface area contributed by atoms with Crippen molar-refractivity contribution in [2.24, 2.45) is 4.99 Å². The molecule has 0 aliphatic carbocycles. The number of nitrogens with zero attached hydrogens (tertiary/aromatic N) is 3. The lowest BCUT2D eigenvalue weighted by Gasteiger charge is -2.36. The second-order valence-corrected chi connectivity index (χ2v) is 14.3. The van der Waals surface area contributed by atoms with Crippen molar-refractivity contribution in [1.29, 1.82) is 0 Å². The normalized spacial score (nSPS) is 20.3. The highest BCUT2D eigenvalue weighted by atomic mass is 32.2. The number of aliphatic hydroxyl groups is 1. The van der Waals surface area contributed by atoms with Crippen molar-refractivity contribution < 1.29 is 49.5 Å². The van der Waals surface area contributed by atoms with E-state index in [1.807, 2.05) is 0 Å². The fraction of sp³-hybridized carbons (Fsp3) is 0.469. The molecule has 2 amide bonds. The number of hydrogen-bond acceptors (Lipinski definition) is 6. The second-order valence-electron chi connectivity index (χ2n) is 12.5. The van der Waals surface area contributed by atoms with Crippen LogP contribution in [0.25, 0.3) is 6.08 Å². The van der Waals surface area contributed by atoms with Crippen LogP contribution in [0.15, 0.2) is 46.8 Å². The summed E-state index contributed by atoms with van der Waals surface area (Å²) in [7, 11) is -3.98. The van der Waals surface area contributed by atoms with Gasteiger partial charge in [-0.3, -0.25) is 14.6 Å². The summed E-state index contributed by atoms with van der Waals surface area (Å²) in [6.07, 6.45) is -4.25. The van der Waals surface area contributed by atoms with Gasteiger partial charge in [-0.1, -0.05) is 18.2 Å². The quantitative estimate of drug-likeness (QED) is 0.410. The highest BCUT2D eigenvalue weighted by Gasteiger charge is 2.59. The first-order chi connectivity index (χ1) is 22.3. The van der Waals surface area contributed by atoms with E-state index < -0.39 is 51.4 Å². The van der Waals surface area contributed by atoms with Crippen molar-refractivity contribution in [3.63, 3.8) is 0 Å². The number of carbonyl (C=O) groups excluding carboxylic acids is 2. The van der Waals surface area contributed by atoms with Crippen LogP contribution in [0.4, 0.5) is 26.3 Å². The van der Waals surface area contributed by atoms with Gasteiger partial charge in [0, 0.05) is 48.3 Å². The van der Waals surface area contributed by atoms with Crippen LogP contribution in [-0.4, -0.2) is 90.5 Å². The summed E-state index contributed by atoms with van der Waals surface area (Å²) < 4.78 is 107. The lowest BCUT2D eigenvalue weighted by atomic mass is 9.89. The Morgan fingerprint density at radius 3 is 2.17 bits per heavy atom. The summed E-state index contributed by atoms with van der Waals surface area (Å²) in [5.41, 5.74) is -2.04. The first-order valence-electron chi connectivity index (χ1n) is 15.1. The molecule has 2 aromatic carbocycles. The van der Waals surface area contributed by atoms with Crippen molar-refractivity contribution in [1.82, 2.24) is 14.5 Å². The fourth-order valence-corrected chi connectivity index (χ4v) is 7.34. The molecule has 3 aliphatic rings. The molecule has 0 bridgehead atoms. The van der Waals surface area contributed by atoms with Crippen molar-refractivity contribution in [2.45, 2.75) is 62.8 Å². The van der Waals surface area contributed by atoms with E-state index in [0.717, 1.165) is 15.8 Å². The number of nitrogens with one attached hydrogen (secondary N) is 1. The number of aliphatic imine (C=N–C) groups is 1. The number of amidine groups is 1. The van der Waals surface area contributed by atoms with Gasteiger partial charge < -0.3 is 15.3 Å². The van der Waals surface area contributed by atoms with Crippen LogP contribution in [0.5, 0.6) is 0 Å². The van der Waals surface area contributed by atoms with Crippen LogP contribution in [0, 0.1) is 13.8 Å². The summed E-state index contributed by atoms with van der Waals surface area (Å²) in [5.74, 6) is -6.18. The van der Waals surface area contributed by atoms with Gasteiger partial charge in [-0.2, -0.15) is 26.3 Å². The van der Waals surface area contributed by atoms with Crippen LogP contribution in [0.3, 0.4) is 0 Å². The maximum absolute atomic E-state index is 13.9. The van der Waals surface area contributed by atoms with E-state index in [0.29, 0.717) is 34.4 Å². The van der Waals surface area contributed by atoms with E-state index in [9.17, 15) is 49.5 Å². The zero-order valence-corrected chi connectivity index (χ0v) is 26.9.